The van der Waals surface area contributed by atoms with E-state index in [1.165, 1.54) is 0 Å². The number of hydrogen-bond donors (Lipinski definition) is 5. The van der Waals surface area contributed by atoms with Crippen molar-refractivity contribution < 1.29 is 24.6 Å². The molecule has 8 heteroatoms. The number of hydrogen-bond acceptors (Lipinski definition) is 4. The van der Waals surface area contributed by atoms with Gasteiger partial charge in [-0.25, -0.2) is 4.79 Å². The van der Waals surface area contributed by atoms with Crippen molar-refractivity contribution in [2.24, 2.45) is 11.5 Å². The standard InChI is InChI=1S/C6H13N3O3.C5H10O2/c7-4(5(10)11)2-1-3-9-6(8)12;1-2-3-4-5(6)7/h4H,1-3,7H2,(H,10,11)(H3,8,9,12);2-4H2,1H3,(H,6,7)/t4-;/m0./s1. The van der Waals surface area contributed by atoms with Gasteiger partial charge in [0.2, 0.25) is 0 Å². The van der Waals surface area contributed by atoms with Gasteiger partial charge in [-0.2, -0.15) is 0 Å². The predicted molar refractivity (Wildman–Crippen MR) is 69.6 cm³/mol. The number of carboxylic acids is 2. The summed E-state index contributed by atoms with van der Waals surface area (Å²) in [4.78, 5) is 30.1. The Kier molecular flexibility index (Phi) is 13.0. The van der Waals surface area contributed by atoms with Gasteiger partial charge in [0.05, 0.1) is 0 Å². The van der Waals surface area contributed by atoms with Gasteiger partial charge < -0.3 is 27.0 Å². The zero-order valence-corrected chi connectivity index (χ0v) is 11.1. The van der Waals surface area contributed by atoms with Gasteiger partial charge in [0.1, 0.15) is 6.04 Å². The molecular weight excluding hydrogens is 254 g/mol. The zero-order chi connectivity index (χ0) is 15.3. The average molecular weight is 277 g/mol. The van der Waals surface area contributed by atoms with Gasteiger partial charge in [-0.05, 0) is 19.3 Å². The van der Waals surface area contributed by atoms with E-state index in [2.05, 4.69) is 5.32 Å². The second-order valence-electron chi connectivity index (χ2n) is 3.88. The summed E-state index contributed by atoms with van der Waals surface area (Å²) in [5.41, 5.74) is 9.96. The molecule has 19 heavy (non-hydrogen) atoms. The highest BCUT2D eigenvalue weighted by atomic mass is 16.4. The van der Waals surface area contributed by atoms with E-state index in [0.717, 1.165) is 12.8 Å². The zero-order valence-electron chi connectivity index (χ0n) is 11.1. The molecule has 0 spiro atoms. The number of rotatable bonds is 8. The van der Waals surface area contributed by atoms with Crippen LogP contribution in [0.25, 0.3) is 0 Å². The number of nitrogens with two attached hydrogens (primary N) is 2. The Morgan fingerprint density at radius 3 is 2.11 bits per heavy atom. The number of unbranched alkanes of at least 4 members (excludes halogenated alkanes) is 1. The number of carboxylic acid groups (broad SMARTS) is 2. The molecule has 0 fully saturated rings. The second kappa shape index (κ2) is 12.6. The van der Waals surface area contributed by atoms with Gasteiger partial charge in [0.15, 0.2) is 0 Å². The highest BCUT2D eigenvalue weighted by molar-refractivity contribution is 5.73. The fourth-order valence-corrected chi connectivity index (χ4v) is 0.985. The third kappa shape index (κ3) is 18.7. The first kappa shape index (κ1) is 19.5. The maximum absolute atomic E-state index is 10.2. The number of aliphatic carboxylic acids is 2. The van der Waals surface area contributed by atoms with Crippen LogP contribution in [0.3, 0.4) is 0 Å². The van der Waals surface area contributed by atoms with E-state index in [9.17, 15) is 14.4 Å². The molecule has 0 aliphatic heterocycles. The van der Waals surface area contributed by atoms with Crippen molar-refractivity contribution in [1.82, 2.24) is 5.32 Å². The molecule has 2 amide bonds. The number of carbonyl (C=O) groups is 3. The Labute approximate surface area is 112 Å². The van der Waals surface area contributed by atoms with Crippen LogP contribution in [-0.2, 0) is 9.59 Å². The third-order valence-corrected chi connectivity index (χ3v) is 2.05. The van der Waals surface area contributed by atoms with Crippen LogP contribution in [0.1, 0.15) is 39.0 Å². The predicted octanol–water partition coefficient (Wildman–Crippen LogP) is 0.108. The van der Waals surface area contributed by atoms with Crippen LogP contribution in [0, 0.1) is 0 Å². The molecule has 0 radical (unpaired) electrons. The van der Waals surface area contributed by atoms with Crippen molar-refractivity contribution in [2.45, 2.75) is 45.1 Å². The summed E-state index contributed by atoms with van der Waals surface area (Å²) in [6.07, 6.45) is 2.92. The smallest absolute Gasteiger partial charge is 0.320 e. The largest absolute Gasteiger partial charge is 0.481 e. The van der Waals surface area contributed by atoms with Crippen LogP contribution < -0.4 is 16.8 Å². The summed E-state index contributed by atoms with van der Waals surface area (Å²) >= 11 is 0. The molecule has 1 atom stereocenters. The van der Waals surface area contributed by atoms with Crippen molar-refractivity contribution >= 4 is 18.0 Å². The Bertz CT molecular complexity index is 284. The van der Waals surface area contributed by atoms with Gasteiger partial charge >= 0.3 is 18.0 Å². The minimum atomic E-state index is -1.03. The van der Waals surface area contributed by atoms with Crippen molar-refractivity contribution in [2.75, 3.05) is 6.54 Å². The lowest BCUT2D eigenvalue weighted by atomic mass is 10.2. The van der Waals surface area contributed by atoms with Crippen LogP contribution in [0.2, 0.25) is 0 Å². The van der Waals surface area contributed by atoms with Crippen LogP contribution in [0.4, 0.5) is 4.79 Å². The van der Waals surface area contributed by atoms with Crippen LogP contribution in [0.5, 0.6) is 0 Å². The molecule has 0 heterocycles. The van der Waals surface area contributed by atoms with E-state index >= 15 is 0 Å². The summed E-state index contributed by atoms with van der Waals surface area (Å²) in [5.74, 6) is -1.73. The Morgan fingerprint density at radius 2 is 1.79 bits per heavy atom. The fourth-order valence-electron chi connectivity index (χ4n) is 0.985. The molecule has 0 aliphatic rings. The fraction of sp³-hybridized carbons (Fsp3) is 0.727. The molecule has 8 nitrogen and oxygen atoms in total. The topological polar surface area (TPSA) is 156 Å². The lowest BCUT2D eigenvalue weighted by Crippen LogP contribution is -2.33. The van der Waals surface area contributed by atoms with Gasteiger partial charge in [-0.1, -0.05) is 13.3 Å². The minimum absolute atomic E-state index is 0.316. The first-order chi connectivity index (χ1) is 8.81. The van der Waals surface area contributed by atoms with E-state index in [1.807, 2.05) is 6.92 Å². The summed E-state index contributed by atoms with van der Waals surface area (Å²) in [5, 5.41) is 18.7. The highest BCUT2D eigenvalue weighted by Crippen LogP contribution is 1.92. The monoisotopic (exact) mass is 277 g/mol. The van der Waals surface area contributed by atoms with E-state index < -0.39 is 24.0 Å². The SMILES string of the molecule is CCCCC(=O)O.NC(=O)NCCC[C@H](N)C(=O)O. The maximum atomic E-state index is 10.2. The summed E-state index contributed by atoms with van der Waals surface area (Å²) in [6.45, 7) is 2.33. The quantitative estimate of drug-likeness (QED) is 0.396. The normalized spacial score (nSPS) is 10.8. The van der Waals surface area contributed by atoms with Gasteiger partial charge in [-0.15, -0.1) is 0 Å². The molecule has 0 saturated heterocycles. The molecule has 0 aromatic carbocycles. The summed E-state index contributed by atoms with van der Waals surface area (Å²) in [7, 11) is 0. The summed E-state index contributed by atoms with van der Waals surface area (Å²) in [6, 6.07) is -1.47. The van der Waals surface area contributed by atoms with Crippen molar-refractivity contribution in [1.29, 1.82) is 0 Å². The summed E-state index contributed by atoms with van der Waals surface area (Å²) < 4.78 is 0. The minimum Gasteiger partial charge on any atom is -0.481 e. The molecule has 112 valence electrons. The molecule has 0 bridgehead atoms. The van der Waals surface area contributed by atoms with E-state index in [1.54, 1.807) is 0 Å². The first-order valence-electron chi connectivity index (χ1n) is 6.04. The van der Waals surface area contributed by atoms with Crippen molar-refractivity contribution in [3.8, 4) is 0 Å². The van der Waals surface area contributed by atoms with Gasteiger partial charge in [0.25, 0.3) is 0 Å². The number of amides is 2. The van der Waals surface area contributed by atoms with Crippen molar-refractivity contribution in [3.05, 3.63) is 0 Å². The molecule has 0 aliphatic carbocycles. The molecule has 0 saturated carbocycles. The molecular formula is C11H23N3O5. The lowest BCUT2D eigenvalue weighted by Gasteiger charge is -2.05. The van der Waals surface area contributed by atoms with Gasteiger partial charge in [-0.3, -0.25) is 9.59 Å². The molecule has 0 rings (SSSR count). The van der Waals surface area contributed by atoms with E-state index in [4.69, 9.17) is 21.7 Å². The molecule has 0 aromatic heterocycles. The number of nitrogens with one attached hydrogen (secondary N) is 1. The highest BCUT2D eigenvalue weighted by Gasteiger charge is 2.09. The average Bonchev–Trinajstić information content (AvgIpc) is 2.32. The van der Waals surface area contributed by atoms with E-state index in [0.29, 0.717) is 25.8 Å². The maximum Gasteiger partial charge on any atom is 0.320 e. The van der Waals surface area contributed by atoms with Crippen LogP contribution in [0.15, 0.2) is 0 Å². The Balaban J connectivity index is 0. The Morgan fingerprint density at radius 1 is 1.21 bits per heavy atom. The molecule has 0 unspecified atom stereocenters. The third-order valence-electron chi connectivity index (χ3n) is 2.05. The lowest BCUT2D eigenvalue weighted by molar-refractivity contribution is -0.139. The van der Waals surface area contributed by atoms with Gasteiger partial charge in [0, 0.05) is 13.0 Å². The number of urea groups is 1. The number of primary amides is 1. The van der Waals surface area contributed by atoms with E-state index in [-0.39, 0.29) is 0 Å². The Hall–Kier alpha value is -1.83. The van der Waals surface area contributed by atoms with Crippen LogP contribution in [-0.4, -0.2) is 40.8 Å². The number of carbonyl (C=O) groups excluding carboxylic acids is 1. The second-order valence-corrected chi connectivity index (χ2v) is 3.88. The van der Waals surface area contributed by atoms with Crippen LogP contribution >= 0.6 is 0 Å². The first-order valence-corrected chi connectivity index (χ1v) is 6.04. The van der Waals surface area contributed by atoms with Crippen molar-refractivity contribution in [3.63, 3.8) is 0 Å². The molecule has 0 aromatic rings. The molecule has 7 N–H and O–H groups in total.